The van der Waals surface area contributed by atoms with Crippen LogP contribution in [0.5, 0.6) is 5.88 Å². The first-order valence-corrected chi connectivity index (χ1v) is 14.6. The highest BCUT2D eigenvalue weighted by atomic mass is 32.2. The number of thioether (sulfide) groups is 1. The van der Waals surface area contributed by atoms with Crippen molar-refractivity contribution < 1.29 is 23.1 Å². The fourth-order valence-corrected chi connectivity index (χ4v) is 6.91. The number of β-amino-alcohol motifs (C(OH)–C–C–N with tert-alkyl or cyclic N) is 1. The van der Waals surface area contributed by atoms with Gasteiger partial charge in [-0.05, 0) is 56.3 Å². The SMILES string of the molecule is COc1ccc2nccc([C@@H](O)CN3CCC(NS(=O)(=O)c4ccc5c(c4)NC(=O)CCS5)CC3)c2n1. The molecule has 5 rings (SSSR count). The Morgan fingerprint density at radius 3 is 2.84 bits per heavy atom. The lowest BCUT2D eigenvalue weighted by Crippen LogP contribution is -2.45. The molecule has 4 heterocycles. The number of methoxy groups -OCH3 is 1. The minimum absolute atomic E-state index is 0.113. The van der Waals surface area contributed by atoms with Gasteiger partial charge in [0.05, 0.1) is 34.8 Å². The Morgan fingerprint density at radius 1 is 1.24 bits per heavy atom. The first-order chi connectivity index (χ1) is 17.8. The standard InChI is InChI=1S/C25H29N5O5S2/c1-35-24-5-3-19-25(28-24)18(6-10-26-19)21(31)15-30-11-7-16(8-12-30)29-37(33,34)17-2-4-22-20(14-17)27-23(32)9-13-36-22/h2-6,10,14,16,21,29,31H,7-9,11-13,15H2,1H3,(H,27,32)/t21-/m0/s1. The Morgan fingerprint density at radius 2 is 2.05 bits per heavy atom. The van der Waals surface area contributed by atoms with Gasteiger partial charge in [0.15, 0.2) is 0 Å². The molecule has 37 heavy (non-hydrogen) atoms. The van der Waals surface area contributed by atoms with Crippen molar-refractivity contribution in [1.82, 2.24) is 19.6 Å². The first kappa shape index (κ1) is 25.9. The fraction of sp³-hybridized carbons (Fsp3) is 0.400. The highest BCUT2D eigenvalue weighted by molar-refractivity contribution is 7.99. The molecule has 3 N–H and O–H groups in total. The van der Waals surface area contributed by atoms with Gasteiger partial charge >= 0.3 is 0 Å². The van der Waals surface area contributed by atoms with Gasteiger partial charge in [0.1, 0.15) is 0 Å². The van der Waals surface area contributed by atoms with Crippen LogP contribution >= 0.6 is 11.8 Å². The molecule has 2 aliphatic heterocycles. The third kappa shape index (κ3) is 5.88. The normalized spacial score (nSPS) is 18.2. The van der Waals surface area contributed by atoms with Crippen LogP contribution in [0.2, 0.25) is 0 Å². The number of hydrogen-bond donors (Lipinski definition) is 3. The van der Waals surface area contributed by atoms with Crippen LogP contribution in [0.1, 0.15) is 30.9 Å². The number of amides is 1. The zero-order valence-corrected chi connectivity index (χ0v) is 22.0. The largest absolute Gasteiger partial charge is 0.481 e. The minimum atomic E-state index is -3.74. The number of aliphatic hydroxyl groups excluding tert-OH is 1. The number of anilines is 1. The van der Waals surface area contributed by atoms with Gasteiger partial charge in [0.2, 0.25) is 21.8 Å². The van der Waals surface area contributed by atoms with E-state index in [4.69, 9.17) is 4.74 Å². The zero-order chi connectivity index (χ0) is 26.0. The Kier molecular flexibility index (Phi) is 7.63. The molecule has 0 aliphatic carbocycles. The number of carbonyl (C=O) groups is 1. The van der Waals surface area contributed by atoms with Crippen molar-refractivity contribution in [3.05, 3.63) is 48.2 Å². The number of aliphatic hydroxyl groups is 1. The van der Waals surface area contributed by atoms with Crippen molar-refractivity contribution >= 4 is 44.4 Å². The van der Waals surface area contributed by atoms with Gasteiger partial charge in [-0.25, -0.2) is 18.1 Å². The maximum absolute atomic E-state index is 13.1. The van der Waals surface area contributed by atoms with E-state index in [9.17, 15) is 18.3 Å². The molecule has 0 bridgehead atoms. The molecular weight excluding hydrogens is 514 g/mol. The average molecular weight is 544 g/mol. The molecule has 0 unspecified atom stereocenters. The highest BCUT2D eigenvalue weighted by Gasteiger charge is 2.27. The van der Waals surface area contributed by atoms with Crippen LogP contribution in [0, 0.1) is 0 Å². The summed E-state index contributed by atoms with van der Waals surface area (Å²) in [6.07, 6.45) is 2.52. The summed E-state index contributed by atoms with van der Waals surface area (Å²) in [7, 11) is -2.20. The topological polar surface area (TPSA) is 134 Å². The number of nitrogens with zero attached hydrogens (tertiary/aromatic N) is 3. The number of hydrogen-bond acceptors (Lipinski definition) is 9. The zero-order valence-electron chi connectivity index (χ0n) is 20.4. The quantitative estimate of drug-likeness (QED) is 0.411. The van der Waals surface area contributed by atoms with Crippen LogP contribution in [0.3, 0.4) is 0 Å². The molecule has 10 nitrogen and oxygen atoms in total. The third-order valence-electron chi connectivity index (χ3n) is 6.62. The number of piperidine rings is 1. The number of sulfonamides is 1. The van der Waals surface area contributed by atoms with Crippen molar-refractivity contribution in [1.29, 1.82) is 0 Å². The Bertz CT molecular complexity index is 1410. The molecule has 0 radical (unpaired) electrons. The van der Waals surface area contributed by atoms with Gasteiger partial charge < -0.3 is 20.1 Å². The van der Waals surface area contributed by atoms with Gasteiger partial charge in [-0.3, -0.25) is 9.78 Å². The van der Waals surface area contributed by atoms with Gasteiger partial charge in [-0.15, -0.1) is 11.8 Å². The second kappa shape index (κ2) is 10.9. The van der Waals surface area contributed by atoms with E-state index in [1.807, 2.05) is 6.07 Å². The van der Waals surface area contributed by atoms with Crippen molar-refractivity contribution in [3.8, 4) is 5.88 Å². The minimum Gasteiger partial charge on any atom is -0.481 e. The van der Waals surface area contributed by atoms with E-state index < -0.39 is 16.1 Å². The smallest absolute Gasteiger partial charge is 0.240 e. The van der Waals surface area contributed by atoms with Gasteiger partial charge in [0.25, 0.3) is 0 Å². The number of aromatic nitrogens is 2. The number of fused-ring (bicyclic) bond motifs is 2. The summed E-state index contributed by atoms with van der Waals surface area (Å²) in [5, 5.41) is 13.8. The Balaban J connectivity index is 1.20. The second-order valence-corrected chi connectivity index (χ2v) is 12.0. The lowest BCUT2D eigenvalue weighted by Gasteiger charge is -2.33. The van der Waals surface area contributed by atoms with Crippen molar-refractivity contribution in [2.45, 2.75) is 41.2 Å². The Labute approximate surface area is 219 Å². The van der Waals surface area contributed by atoms with Gasteiger partial charge in [-0.1, -0.05) is 0 Å². The molecule has 0 spiro atoms. The number of pyridine rings is 2. The van der Waals surface area contributed by atoms with E-state index >= 15 is 0 Å². The number of ether oxygens (including phenoxy) is 1. The molecule has 1 amide bonds. The molecular formula is C25H29N5O5S2. The molecule has 1 saturated heterocycles. The molecule has 3 aromatic rings. The van der Waals surface area contributed by atoms with Crippen LogP contribution < -0.4 is 14.8 Å². The first-order valence-electron chi connectivity index (χ1n) is 12.1. The lowest BCUT2D eigenvalue weighted by atomic mass is 10.0. The molecule has 1 atom stereocenters. The third-order valence-corrected chi connectivity index (χ3v) is 9.21. The average Bonchev–Trinajstić information content (AvgIpc) is 3.08. The van der Waals surface area contributed by atoms with Crippen LogP contribution in [0.25, 0.3) is 11.0 Å². The maximum atomic E-state index is 13.1. The summed E-state index contributed by atoms with van der Waals surface area (Å²) in [5.74, 6) is 1.01. The summed E-state index contributed by atoms with van der Waals surface area (Å²) in [5.41, 5.74) is 2.50. The summed E-state index contributed by atoms with van der Waals surface area (Å²) in [6, 6.07) is 9.96. The molecule has 1 fully saturated rings. The van der Waals surface area contributed by atoms with Crippen molar-refractivity contribution in [2.75, 3.05) is 37.8 Å². The van der Waals surface area contributed by atoms with E-state index in [1.165, 1.54) is 17.8 Å². The predicted octanol–water partition coefficient (Wildman–Crippen LogP) is 2.55. The number of likely N-dealkylation sites (tertiary alicyclic amines) is 1. The van der Waals surface area contributed by atoms with Crippen molar-refractivity contribution in [2.24, 2.45) is 0 Å². The molecule has 2 aliphatic rings. The van der Waals surface area contributed by atoms with Crippen LogP contribution in [-0.4, -0.2) is 72.8 Å². The van der Waals surface area contributed by atoms with E-state index in [1.54, 1.807) is 37.6 Å². The second-order valence-electron chi connectivity index (χ2n) is 9.14. The van der Waals surface area contributed by atoms with Crippen LogP contribution in [0.15, 0.2) is 52.4 Å². The molecule has 12 heteroatoms. The number of rotatable bonds is 7. The van der Waals surface area contributed by atoms with E-state index in [0.717, 1.165) is 4.90 Å². The van der Waals surface area contributed by atoms with Crippen LogP contribution in [0.4, 0.5) is 5.69 Å². The highest BCUT2D eigenvalue weighted by Crippen LogP contribution is 2.33. The monoisotopic (exact) mass is 543 g/mol. The summed E-state index contributed by atoms with van der Waals surface area (Å²) >= 11 is 1.54. The van der Waals surface area contributed by atoms with Crippen molar-refractivity contribution in [3.63, 3.8) is 0 Å². The predicted molar refractivity (Wildman–Crippen MR) is 141 cm³/mol. The molecule has 1 aromatic carbocycles. The summed E-state index contributed by atoms with van der Waals surface area (Å²) in [6.45, 7) is 1.68. The summed E-state index contributed by atoms with van der Waals surface area (Å²) < 4.78 is 34.2. The molecule has 0 saturated carbocycles. The maximum Gasteiger partial charge on any atom is 0.240 e. The number of benzene rings is 1. The van der Waals surface area contributed by atoms with E-state index in [0.29, 0.717) is 72.8 Å². The van der Waals surface area contributed by atoms with Gasteiger partial charge in [0, 0.05) is 47.5 Å². The Hall–Kier alpha value is -2.77. The number of carbonyl (C=O) groups excluding carboxylic acids is 1. The van der Waals surface area contributed by atoms with E-state index in [2.05, 4.69) is 24.9 Å². The molecule has 2 aromatic heterocycles. The number of nitrogens with one attached hydrogen (secondary N) is 2. The van der Waals surface area contributed by atoms with Gasteiger partial charge in [-0.2, -0.15) is 0 Å². The fourth-order valence-electron chi connectivity index (χ4n) is 4.64. The summed E-state index contributed by atoms with van der Waals surface area (Å²) in [4.78, 5) is 23.8. The molecule has 196 valence electrons. The van der Waals surface area contributed by atoms with Crippen LogP contribution in [-0.2, 0) is 14.8 Å². The lowest BCUT2D eigenvalue weighted by molar-refractivity contribution is -0.115. The van der Waals surface area contributed by atoms with E-state index in [-0.39, 0.29) is 16.8 Å².